The van der Waals surface area contributed by atoms with Crippen LogP contribution >= 0.6 is 0 Å². The standard InChI is InChI=1S/C24H25F3N4O4/c1-33-10-17(11-34-2)31(9-16-5-4-15(8-29-16)24(25,26)27)23(32)14-3-6-21-18(7-14)19-12-35-13-20(19)22(28)30-21/h3-8,17H,9-13H2,1-2H3,(H2,28,30). The number of halogens is 3. The van der Waals surface area contributed by atoms with Crippen LogP contribution in [0.3, 0.4) is 0 Å². The van der Waals surface area contributed by atoms with Crippen LogP contribution in [0.4, 0.5) is 19.0 Å². The molecule has 2 aromatic heterocycles. The number of alkyl halides is 3. The number of hydrogen-bond donors (Lipinski definition) is 1. The second-order valence-corrected chi connectivity index (χ2v) is 8.21. The molecule has 2 N–H and O–H groups in total. The van der Waals surface area contributed by atoms with E-state index in [1.54, 1.807) is 18.2 Å². The van der Waals surface area contributed by atoms with Crippen molar-refractivity contribution in [3.63, 3.8) is 0 Å². The third-order valence-electron chi connectivity index (χ3n) is 5.88. The first-order valence-electron chi connectivity index (χ1n) is 10.8. The molecule has 0 unspecified atom stereocenters. The number of carbonyl (C=O) groups is 1. The molecule has 1 aliphatic rings. The van der Waals surface area contributed by atoms with Crippen LogP contribution in [-0.4, -0.2) is 54.3 Å². The Morgan fingerprint density at radius 2 is 1.86 bits per heavy atom. The van der Waals surface area contributed by atoms with E-state index in [-0.39, 0.29) is 25.7 Å². The molecule has 0 atom stereocenters. The van der Waals surface area contributed by atoms with Gasteiger partial charge in [-0.15, -0.1) is 0 Å². The summed E-state index contributed by atoms with van der Waals surface area (Å²) in [6.45, 7) is 1.01. The summed E-state index contributed by atoms with van der Waals surface area (Å²) in [6, 6.07) is 6.80. The summed E-state index contributed by atoms with van der Waals surface area (Å²) >= 11 is 0. The van der Waals surface area contributed by atoms with Crippen LogP contribution in [0.5, 0.6) is 0 Å². The molecule has 0 saturated carbocycles. The van der Waals surface area contributed by atoms with Crippen molar-refractivity contribution < 1.29 is 32.2 Å². The largest absolute Gasteiger partial charge is 0.417 e. The van der Waals surface area contributed by atoms with E-state index >= 15 is 0 Å². The van der Waals surface area contributed by atoms with Gasteiger partial charge in [-0.2, -0.15) is 13.2 Å². The minimum atomic E-state index is -4.50. The topological polar surface area (TPSA) is 99.8 Å². The highest BCUT2D eigenvalue weighted by Gasteiger charge is 2.31. The number of anilines is 1. The van der Waals surface area contributed by atoms with Crippen LogP contribution in [0.25, 0.3) is 10.9 Å². The summed E-state index contributed by atoms with van der Waals surface area (Å²) in [5, 5.41) is 0.764. The van der Waals surface area contributed by atoms with Crippen LogP contribution in [0, 0.1) is 0 Å². The van der Waals surface area contributed by atoms with Gasteiger partial charge in [-0.3, -0.25) is 9.78 Å². The summed E-state index contributed by atoms with van der Waals surface area (Å²) in [6.07, 6.45) is -3.74. The fourth-order valence-electron chi connectivity index (χ4n) is 4.11. The maximum atomic E-state index is 13.7. The molecular formula is C24H25F3N4O4. The molecule has 0 radical (unpaired) electrons. The lowest BCUT2D eigenvalue weighted by atomic mass is 10.0. The first-order valence-corrected chi connectivity index (χ1v) is 10.8. The number of benzene rings is 1. The molecule has 0 fully saturated rings. The van der Waals surface area contributed by atoms with Gasteiger partial charge in [0.1, 0.15) is 5.82 Å². The lowest BCUT2D eigenvalue weighted by Crippen LogP contribution is -2.45. The Labute approximate surface area is 199 Å². The second kappa shape index (κ2) is 10.1. The number of hydrogen-bond acceptors (Lipinski definition) is 7. The van der Waals surface area contributed by atoms with Crippen molar-refractivity contribution in [3.05, 3.63) is 64.5 Å². The summed E-state index contributed by atoms with van der Waals surface area (Å²) < 4.78 is 54.9. The number of nitrogens with two attached hydrogens (primary N) is 1. The Balaban J connectivity index is 1.70. The average molecular weight is 490 g/mol. The predicted octanol–water partition coefficient (Wildman–Crippen LogP) is 3.56. The van der Waals surface area contributed by atoms with E-state index in [2.05, 4.69) is 9.97 Å². The number of pyridine rings is 2. The highest BCUT2D eigenvalue weighted by molar-refractivity contribution is 5.99. The van der Waals surface area contributed by atoms with Crippen LogP contribution in [0.15, 0.2) is 36.5 Å². The van der Waals surface area contributed by atoms with E-state index in [1.165, 1.54) is 25.2 Å². The third kappa shape index (κ3) is 5.21. The van der Waals surface area contributed by atoms with Crippen LogP contribution < -0.4 is 5.73 Å². The van der Waals surface area contributed by atoms with E-state index in [4.69, 9.17) is 19.9 Å². The fourth-order valence-corrected chi connectivity index (χ4v) is 4.11. The van der Waals surface area contributed by atoms with Crippen molar-refractivity contribution in [2.45, 2.75) is 32.0 Å². The molecule has 3 aromatic rings. The number of methoxy groups -OCH3 is 2. The second-order valence-electron chi connectivity index (χ2n) is 8.21. The maximum absolute atomic E-state index is 13.7. The first-order chi connectivity index (χ1) is 16.7. The number of fused-ring (bicyclic) bond motifs is 3. The Hall–Kier alpha value is -3.28. The molecule has 0 aliphatic carbocycles. The van der Waals surface area contributed by atoms with Crippen molar-refractivity contribution in [1.29, 1.82) is 0 Å². The number of rotatable bonds is 8. The van der Waals surface area contributed by atoms with Gasteiger partial charge in [0.25, 0.3) is 5.91 Å². The first kappa shape index (κ1) is 24.8. The van der Waals surface area contributed by atoms with E-state index in [9.17, 15) is 18.0 Å². The van der Waals surface area contributed by atoms with E-state index in [0.717, 1.165) is 28.8 Å². The molecule has 1 aromatic carbocycles. The average Bonchev–Trinajstić information content (AvgIpc) is 3.33. The molecule has 186 valence electrons. The molecule has 0 bridgehead atoms. The minimum absolute atomic E-state index is 0.0341. The SMILES string of the molecule is COCC(COC)N(Cc1ccc(C(F)(F)F)cn1)C(=O)c1ccc2nc(N)c3c(c2c1)COC3. The molecule has 1 amide bonds. The van der Waals surface area contributed by atoms with Gasteiger partial charge in [0.05, 0.1) is 55.8 Å². The summed E-state index contributed by atoms with van der Waals surface area (Å²) in [5.74, 6) is 0.0523. The fraction of sp³-hybridized carbons (Fsp3) is 0.375. The van der Waals surface area contributed by atoms with Crippen molar-refractivity contribution >= 4 is 22.6 Å². The van der Waals surface area contributed by atoms with Crippen molar-refractivity contribution in [1.82, 2.24) is 14.9 Å². The monoisotopic (exact) mass is 490 g/mol. The Morgan fingerprint density at radius 1 is 1.14 bits per heavy atom. The van der Waals surface area contributed by atoms with E-state index in [1.807, 2.05) is 0 Å². The van der Waals surface area contributed by atoms with Crippen molar-refractivity contribution in [2.24, 2.45) is 0 Å². The van der Waals surface area contributed by atoms with Gasteiger partial charge < -0.3 is 24.8 Å². The normalized spacial score (nSPS) is 13.4. The molecule has 3 heterocycles. The lowest BCUT2D eigenvalue weighted by Gasteiger charge is -2.31. The van der Waals surface area contributed by atoms with Gasteiger partial charge >= 0.3 is 6.18 Å². The summed E-state index contributed by atoms with van der Waals surface area (Å²) in [5.41, 5.74) is 8.20. The molecule has 0 saturated heterocycles. The maximum Gasteiger partial charge on any atom is 0.417 e. The minimum Gasteiger partial charge on any atom is -0.383 e. The Bertz CT molecular complexity index is 1210. The van der Waals surface area contributed by atoms with Gasteiger partial charge in [-0.25, -0.2) is 4.98 Å². The summed E-state index contributed by atoms with van der Waals surface area (Å²) in [4.78, 5) is 23.5. The number of carbonyl (C=O) groups excluding carboxylic acids is 1. The number of nitrogen functional groups attached to an aromatic ring is 1. The van der Waals surface area contributed by atoms with Crippen LogP contribution in [0.1, 0.15) is 32.7 Å². The molecular weight excluding hydrogens is 465 g/mol. The van der Waals surface area contributed by atoms with Crippen LogP contribution in [-0.2, 0) is 40.1 Å². The quantitative estimate of drug-likeness (QED) is 0.515. The highest BCUT2D eigenvalue weighted by Crippen LogP contribution is 2.32. The van der Waals surface area contributed by atoms with Gasteiger partial charge in [-0.1, -0.05) is 0 Å². The molecule has 1 aliphatic heterocycles. The Morgan fingerprint density at radius 3 is 2.49 bits per heavy atom. The molecule has 8 nitrogen and oxygen atoms in total. The van der Waals surface area contributed by atoms with Crippen LogP contribution in [0.2, 0.25) is 0 Å². The van der Waals surface area contributed by atoms with Gasteiger partial charge in [0.15, 0.2) is 0 Å². The molecule has 4 rings (SSSR count). The zero-order valence-electron chi connectivity index (χ0n) is 19.3. The number of aromatic nitrogens is 2. The van der Waals surface area contributed by atoms with Crippen molar-refractivity contribution in [2.75, 3.05) is 33.2 Å². The Kier molecular flexibility index (Phi) is 7.20. The smallest absolute Gasteiger partial charge is 0.383 e. The molecule has 11 heteroatoms. The lowest BCUT2D eigenvalue weighted by molar-refractivity contribution is -0.137. The molecule has 0 spiro atoms. The highest BCUT2D eigenvalue weighted by atomic mass is 19.4. The molecule has 35 heavy (non-hydrogen) atoms. The van der Waals surface area contributed by atoms with E-state index < -0.39 is 17.8 Å². The number of amides is 1. The zero-order valence-corrected chi connectivity index (χ0v) is 19.3. The van der Waals surface area contributed by atoms with Crippen molar-refractivity contribution in [3.8, 4) is 0 Å². The van der Waals surface area contributed by atoms with E-state index in [0.29, 0.717) is 35.8 Å². The predicted molar refractivity (Wildman–Crippen MR) is 121 cm³/mol. The number of nitrogens with zero attached hydrogens (tertiary/aromatic N) is 3. The van der Waals surface area contributed by atoms with Gasteiger partial charge in [-0.05, 0) is 35.9 Å². The van der Waals surface area contributed by atoms with Gasteiger partial charge in [0.2, 0.25) is 0 Å². The number of ether oxygens (including phenoxy) is 3. The third-order valence-corrected chi connectivity index (χ3v) is 5.88. The zero-order chi connectivity index (χ0) is 25.2. The van der Waals surface area contributed by atoms with Gasteiger partial charge in [0, 0.05) is 36.9 Å². The summed E-state index contributed by atoms with van der Waals surface area (Å²) in [7, 11) is 2.99.